The minimum Gasteiger partial charge on any atom is -0.506 e. The van der Waals surface area contributed by atoms with Gasteiger partial charge in [-0.1, -0.05) is 44.2 Å². The van der Waals surface area contributed by atoms with Crippen molar-refractivity contribution in [3.63, 3.8) is 0 Å². The maximum Gasteiger partial charge on any atom is 0.188 e. The van der Waals surface area contributed by atoms with Gasteiger partial charge in [0.15, 0.2) is 11.5 Å². The predicted molar refractivity (Wildman–Crippen MR) is 121 cm³/mol. The van der Waals surface area contributed by atoms with Crippen molar-refractivity contribution in [3.8, 4) is 17.2 Å². The number of hydrogen-bond acceptors (Lipinski definition) is 7. The minimum absolute atomic E-state index is 0.0635. The second kappa shape index (κ2) is 10.3. The number of methoxy groups -OCH3 is 2. The summed E-state index contributed by atoms with van der Waals surface area (Å²) in [6.07, 6.45) is 0.936. The lowest BCUT2D eigenvalue weighted by Crippen LogP contribution is -1.92. The molecule has 0 spiro atoms. The van der Waals surface area contributed by atoms with Gasteiger partial charge in [0.25, 0.3) is 0 Å². The van der Waals surface area contributed by atoms with E-state index in [0.29, 0.717) is 34.2 Å². The van der Waals surface area contributed by atoms with E-state index in [9.17, 15) is 5.11 Å². The van der Waals surface area contributed by atoms with Crippen LogP contribution in [0, 0.1) is 0 Å². The lowest BCUT2D eigenvalue weighted by Gasteiger charge is -2.13. The Kier molecular flexibility index (Phi) is 7.32. The highest BCUT2D eigenvalue weighted by molar-refractivity contribution is 5.67. The molecule has 0 radical (unpaired) electrons. The number of hydrogen-bond donors (Lipinski definition) is 1. The van der Waals surface area contributed by atoms with Crippen LogP contribution in [-0.4, -0.2) is 19.3 Å². The first-order chi connectivity index (χ1) is 15.1. The van der Waals surface area contributed by atoms with Crippen molar-refractivity contribution in [3.05, 3.63) is 66.2 Å². The molecule has 0 saturated heterocycles. The van der Waals surface area contributed by atoms with E-state index in [4.69, 9.17) is 9.47 Å². The third-order valence-electron chi connectivity index (χ3n) is 4.98. The summed E-state index contributed by atoms with van der Waals surface area (Å²) in [5, 5.41) is 27.5. The van der Waals surface area contributed by atoms with E-state index in [2.05, 4.69) is 34.3 Å². The summed E-state index contributed by atoms with van der Waals surface area (Å²) in [5.74, 6) is 1.40. The molecule has 0 saturated carbocycles. The van der Waals surface area contributed by atoms with E-state index in [-0.39, 0.29) is 11.7 Å². The quantitative estimate of drug-likeness (QED) is 0.379. The molecule has 7 heteroatoms. The smallest absolute Gasteiger partial charge is 0.188 e. The lowest BCUT2D eigenvalue weighted by molar-refractivity contribution is 0.356. The molecule has 0 aromatic heterocycles. The van der Waals surface area contributed by atoms with Crippen LogP contribution in [0.1, 0.15) is 31.7 Å². The normalized spacial score (nSPS) is 12.4. The molecule has 0 heterocycles. The molecule has 7 nitrogen and oxygen atoms in total. The highest BCUT2D eigenvalue weighted by Gasteiger charge is 2.15. The first kappa shape index (κ1) is 22.0. The number of benzene rings is 3. The van der Waals surface area contributed by atoms with Crippen LogP contribution in [0.2, 0.25) is 0 Å². The summed E-state index contributed by atoms with van der Waals surface area (Å²) in [7, 11) is 3.14. The van der Waals surface area contributed by atoms with Gasteiger partial charge in [-0.3, -0.25) is 0 Å². The van der Waals surface area contributed by atoms with E-state index in [1.165, 1.54) is 0 Å². The Morgan fingerprint density at radius 2 is 1.42 bits per heavy atom. The van der Waals surface area contributed by atoms with E-state index in [0.717, 1.165) is 12.0 Å². The second-order valence-electron chi connectivity index (χ2n) is 6.93. The molecule has 1 N–H and O–H groups in total. The highest BCUT2D eigenvalue weighted by Crippen LogP contribution is 2.42. The number of para-hydroxylation sites is 2. The average Bonchev–Trinajstić information content (AvgIpc) is 2.81. The molecule has 31 heavy (non-hydrogen) atoms. The molecule has 0 aliphatic carbocycles. The Bertz CT molecular complexity index is 1100. The number of nitrogens with zero attached hydrogens (tertiary/aromatic N) is 4. The van der Waals surface area contributed by atoms with Gasteiger partial charge >= 0.3 is 0 Å². The molecule has 0 amide bonds. The third-order valence-corrected chi connectivity index (χ3v) is 4.98. The zero-order valence-corrected chi connectivity index (χ0v) is 18.1. The molecule has 0 fully saturated rings. The fourth-order valence-corrected chi connectivity index (χ4v) is 3.07. The molecule has 1 atom stereocenters. The molecule has 3 rings (SSSR count). The maximum atomic E-state index is 9.98. The Morgan fingerprint density at radius 3 is 2.13 bits per heavy atom. The minimum atomic E-state index is 0.0635. The lowest BCUT2D eigenvalue weighted by atomic mass is 9.96. The largest absolute Gasteiger partial charge is 0.506 e. The fourth-order valence-electron chi connectivity index (χ4n) is 3.07. The summed E-state index contributed by atoms with van der Waals surface area (Å²) >= 11 is 0. The van der Waals surface area contributed by atoms with Crippen LogP contribution in [-0.2, 0) is 0 Å². The van der Waals surface area contributed by atoms with E-state index in [1.54, 1.807) is 50.6 Å². The molecule has 160 valence electrons. The van der Waals surface area contributed by atoms with Crippen molar-refractivity contribution >= 4 is 22.7 Å². The van der Waals surface area contributed by atoms with Gasteiger partial charge in [0.2, 0.25) is 0 Å². The maximum absolute atomic E-state index is 9.98. The van der Waals surface area contributed by atoms with Gasteiger partial charge in [0.1, 0.15) is 28.5 Å². The van der Waals surface area contributed by atoms with Crippen molar-refractivity contribution in [2.24, 2.45) is 20.5 Å². The number of ether oxygens (including phenoxy) is 2. The van der Waals surface area contributed by atoms with Gasteiger partial charge in [0.05, 0.1) is 14.2 Å². The van der Waals surface area contributed by atoms with Gasteiger partial charge in [0, 0.05) is 0 Å². The van der Waals surface area contributed by atoms with Crippen LogP contribution in [0.4, 0.5) is 22.7 Å². The van der Waals surface area contributed by atoms with Crippen molar-refractivity contribution in [2.75, 3.05) is 14.2 Å². The first-order valence-corrected chi connectivity index (χ1v) is 10.0. The Labute approximate surface area is 182 Å². The summed E-state index contributed by atoms with van der Waals surface area (Å²) in [6.45, 7) is 4.25. The molecular weight excluding hydrogens is 392 g/mol. The zero-order valence-electron chi connectivity index (χ0n) is 18.1. The van der Waals surface area contributed by atoms with Crippen LogP contribution >= 0.6 is 0 Å². The SMILES string of the molecule is CCC(C)c1cccc(N=Nc2ccccc2O)c1N=Nc1cccc(OC)c1OC. The van der Waals surface area contributed by atoms with E-state index in [1.807, 2.05) is 24.3 Å². The zero-order chi connectivity index (χ0) is 22.2. The number of azo groups is 2. The molecular formula is C24H26N4O3. The Balaban J connectivity index is 2.08. The predicted octanol–water partition coefficient (Wildman–Crippen LogP) is 7.75. The number of aromatic hydroxyl groups is 1. The first-order valence-electron chi connectivity index (χ1n) is 10.0. The van der Waals surface area contributed by atoms with Gasteiger partial charge in [-0.2, -0.15) is 0 Å². The molecule has 0 bridgehead atoms. The molecule has 1 unspecified atom stereocenters. The average molecular weight is 418 g/mol. The van der Waals surface area contributed by atoms with Crippen LogP contribution in [0.25, 0.3) is 0 Å². The van der Waals surface area contributed by atoms with Crippen LogP contribution in [0.5, 0.6) is 17.2 Å². The van der Waals surface area contributed by atoms with Gasteiger partial charge < -0.3 is 14.6 Å². The second-order valence-corrected chi connectivity index (χ2v) is 6.93. The molecule has 3 aromatic rings. The summed E-state index contributed by atoms with van der Waals surface area (Å²) in [6, 6.07) is 18.0. The van der Waals surface area contributed by atoms with Crippen molar-refractivity contribution in [2.45, 2.75) is 26.2 Å². The Hall–Kier alpha value is -3.74. The summed E-state index contributed by atoms with van der Waals surface area (Å²) in [4.78, 5) is 0. The molecule has 3 aromatic carbocycles. The van der Waals surface area contributed by atoms with Crippen LogP contribution < -0.4 is 9.47 Å². The van der Waals surface area contributed by atoms with Crippen molar-refractivity contribution in [1.82, 2.24) is 0 Å². The molecule has 0 aliphatic rings. The number of phenolic OH excluding ortho intramolecular Hbond substituents is 1. The van der Waals surface area contributed by atoms with Crippen LogP contribution in [0.15, 0.2) is 81.1 Å². The highest BCUT2D eigenvalue weighted by atomic mass is 16.5. The Morgan fingerprint density at radius 1 is 0.774 bits per heavy atom. The topological polar surface area (TPSA) is 88.1 Å². The summed E-state index contributed by atoms with van der Waals surface area (Å²) in [5.41, 5.74) is 3.13. The number of phenols is 1. The van der Waals surface area contributed by atoms with E-state index >= 15 is 0 Å². The van der Waals surface area contributed by atoms with E-state index < -0.39 is 0 Å². The van der Waals surface area contributed by atoms with Crippen molar-refractivity contribution in [1.29, 1.82) is 0 Å². The van der Waals surface area contributed by atoms with Crippen LogP contribution in [0.3, 0.4) is 0 Å². The summed E-state index contributed by atoms with van der Waals surface area (Å²) < 4.78 is 10.8. The fraction of sp³-hybridized carbons (Fsp3) is 0.250. The monoisotopic (exact) mass is 418 g/mol. The number of rotatable bonds is 8. The van der Waals surface area contributed by atoms with Gasteiger partial charge in [-0.25, -0.2) is 0 Å². The van der Waals surface area contributed by atoms with Gasteiger partial charge in [-0.05, 0) is 48.2 Å². The van der Waals surface area contributed by atoms with Crippen molar-refractivity contribution < 1.29 is 14.6 Å². The third kappa shape index (κ3) is 5.06. The molecule has 0 aliphatic heterocycles. The van der Waals surface area contributed by atoms with Gasteiger partial charge in [-0.15, -0.1) is 20.5 Å². The standard InChI is InChI=1S/C24H26N4O3/c1-5-16(2)17-10-8-12-19(26-25-18-11-6-7-14-21(18)29)23(17)28-27-20-13-9-15-22(30-3)24(20)31-4/h6-16,29H,5H2,1-4H3.